The zero-order valence-electron chi connectivity index (χ0n) is 21.5. The van der Waals surface area contributed by atoms with E-state index in [1.807, 2.05) is 50.2 Å². The fraction of sp³-hybridized carbons (Fsp3) is 0.483. The van der Waals surface area contributed by atoms with Gasteiger partial charge in [0.2, 0.25) is 5.91 Å². The molecule has 0 radical (unpaired) electrons. The molecule has 1 aliphatic rings. The number of carbonyl (C=O) groups excluding carboxylic acids is 1. The molecule has 1 saturated heterocycles. The summed E-state index contributed by atoms with van der Waals surface area (Å²) in [6, 6.07) is 14.1. The number of amides is 1. The molecule has 7 heteroatoms. The van der Waals surface area contributed by atoms with Crippen molar-refractivity contribution in [1.82, 2.24) is 15.1 Å². The number of furan rings is 1. The van der Waals surface area contributed by atoms with E-state index in [2.05, 4.69) is 21.2 Å². The van der Waals surface area contributed by atoms with E-state index in [9.17, 15) is 4.79 Å². The Morgan fingerprint density at radius 3 is 2.47 bits per heavy atom. The van der Waals surface area contributed by atoms with E-state index in [1.54, 1.807) is 6.26 Å². The highest BCUT2D eigenvalue weighted by atomic mass is 35.5. The molecule has 1 aromatic heterocycles. The van der Waals surface area contributed by atoms with Gasteiger partial charge in [-0.2, -0.15) is 0 Å². The van der Waals surface area contributed by atoms with Crippen LogP contribution in [-0.2, 0) is 4.79 Å². The van der Waals surface area contributed by atoms with Gasteiger partial charge in [0.1, 0.15) is 11.3 Å². The second kappa shape index (κ2) is 13.1. The maximum absolute atomic E-state index is 11.9. The zero-order valence-corrected chi connectivity index (χ0v) is 22.2. The van der Waals surface area contributed by atoms with Gasteiger partial charge < -0.3 is 19.4 Å². The first-order valence-corrected chi connectivity index (χ1v) is 13.5. The molecule has 1 aliphatic heterocycles. The molecule has 0 aliphatic carbocycles. The molecule has 1 N–H and O–H groups in total. The molecule has 4 rings (SSSR count). The number of unbranched alkanes of at least 4 members (excludes halogenated alkanes) is 3. The van der Waals surface area contributed by atoms with Crippen molar-refractivity contribution in [1.29, 1.82) is 0 Å². The largest absolute Gasteiger partial charge is 0.493 e. The van der Waals surface area contributed by atoms with Crippen LogP contribution in [0.5, 0.6) is 5.75 Å². The van der Waals surface area contributed by atoms with Crippen LogP contribution >= 0.6 is 11.6 Å². The molecule has 0 saturated carbocycles. The minimum atomic E-state index is 0.132. The summed E-state index contributed by atoms with van der Waals surface area (Å²) < 4.78 is 11.8. The van der Waals surface area contributed by atoms with Gasteiger partial charge in [-0.05, 0) is 63.1 Å². The smallest absolute Gasteiger partial charge is 0.234 e. The molecule has 0 bridgehead atoms. The fourth-order valence-electron chi connectivity index (χ4n) is 4.67. The highest BCUT2D eigenvalue weighted by molar-refractivity contribution is 6.30. The SMILES string of the molecule is CC(C)NC(=O)CN1CCN(CCCCCCOc2ccc3c(-c4ccc(Cl)cc4)coc3c2)CC1. The fourth-order valence-corrected chi connectivity index (χ4v) is 4.80. The van der Waals surface area contributed by atoms with E-state index in [0.29, 0.717) is 13.2 Å². The van der Waals surface area contributed by atoms with Crippen LogP contribution in [0, 0.1) is 0 Å². The predicted octanol–water partition coefficient (Wildman–Crippen LogP) is 5.83. The number of nitrogens with zero attached hydrogens (tertiary/aromatic N) is 2. The van der Waals surface area contributed by atoms with E-state index >= 15 is 0 Å². The molecular formula is C29H38ClN3O3. The van der Waals surface area contributed by atoms with Gasteiger partial charge in [-0.1, -0.05) is 36.6 Å². The van der Waals surface area contributed by atoms with E-state index in [1.165, 1.54) is 19.3 Å². The lowest BCUT2D eigenvalue weighted by Crippen LogP contribution is -2.50. The van der Waals surface area contributed by atoms with Gasteiger partial charge in [-0.3, -0.25) is 9.69 Å². The van der Waals surface area contributed by atoms with Gasteiger partial charge in [0.15, 0.2) is 0 Å². The van der Waals surface area contributed by atoms with Gasteiger partial charge in [0, 0.05) is 54.3 Å². The monoisotopic (exact) mass is 511 g/mol. The average Bonchev–Trinajstić information content (AvgIpc) is 3.28. The second-order valence-electron chi connectivity index (χ2n) is 9.92. The number of piperazine rings is 1. The van der Waals surface area contributed by atoms with Crippen molar-refractivity contribution < 1.29 is 13.9 Å². The molecule has 2 aromatic carbocycles. The molecule has 1 fully saturated rings. The Morgan fingerprint density at radius 2 is 1.72 bits per heavy atom. The molecule has 0 atom stereocenters. The van der Waals surface area contributed by atoms with Crippen LogP contribution in [-0.4, -0.2) is 67.6 Å². The first-order valence-electron chi connectivity index (χ1n) is 13.1. The molecule has 36 heavy (non-hydrogen) atoms. The van der Waals surface area contributed by atoms with Crippen LogP contribution in [0.25, 0.3) is 22.1 Å². The summed E-state index contributed by atoms with van der Waals surface area (Å²) >= 11 is 6.01. The maximum Gasteiger partial charge on any atom is 0.234 e. The van der Waals surface area contributed by atoms with Crippen molar-refractivity contribution in [3.8, 4) is 16.9 Å². The molecule has 6 nitrogen and oxygen atoms in total. The Morgan fingerprint density at radius 1 is 1.00 bits per heavy atom. The van der Waals surface area contributed by atoms with Crippen molar-refractivity contribution in [2.45, 2.75) is 45.6 Å². The molecule has 0 unspecified atom stereocenters. The lowest BCUT2D eigenvalue weighted by Gasteiger charge is -2.34. The van der Waals surface area contributed by atoms with Crippen LogP contribution in [0.3, 0.4) is 0 Å². The first kappa shape index (κ1) is 26.5. The number of halogens is 1. The van der Waals surface area contributed by atoms with E-state index < -0.39 is 0 Å². The van der Waals surface area contributed by atoms with E-state index in [0.717, 1.165) is 72.0 Å². The molecule has 3 aromatic rings. The van der Waals surface area contributed by atoms with Gasteiger partial charge in [0.05, 0.1) is 19.4 Å². The summed E-state index contributed by atoms with van der Waals surface area (Å²) in [7, 11) is 0. The Bertz CT molecular complexity index is 1100. The average molecular weight is 512 g/mol. The van der Waals surface area contributed by atoms with Crippen LogP contribution < -0.4 is 10.1 Å². The quantitative estimate of drug-likeness (QED) is 0.310. The summed E-state index contributed by atoms with van der Waals surface area (Å²) in [5.41, 5.74) is 2.98. The van der Waals surface area contributed by atoms with Gasteiger partial charge in [-0.15, -0.1) is 0 Å². The molecule has 194 valence electrons. The minimum Gasteiger partial charge on any atom is -0.493 e. The highest BCUT2D eigenvalue weighted by Gasteiger charge is 2.18. The number of ether oxygens (including phenoxy) is 1. The molecule has 2 heterocycles. The van der Waals surface area contributed by atoms with Gasteiger partial charge in [-0.25, -0.2) is 0 Å². The lowest BCUT2D eigenvalue weighted by atomic mass is 10.0. The van der Waals surface area contributed by atoms with Crippen molar-refractivity contribution in [2.24, 2.45) is 0 Å². The summed E-state index contributed by atoms with van der Waals surface area (Å²) in [5, 5.41) is 4.77. The lowest BCUT2D eigenvalue weighted by molar-refractivity contribution is -0.123. The normalized spacial score (nSPS) is 15.0. The Labute approximate surface area is 219 Å². The molecular weight excluding hydrogens is 474 g/mol. The number of nitrogens with one attached hydrogen (secondary N) is 1. The summed E-state index contributed by atoms with van der Waals surface area (Å²) in [6.45, 7) is 10.4. The van der Waals surface area contributed by atoms with Crippen LogP contribution in [0.2, 0.25) is 5.02 Å². The number of fused-ring (bicyclic) bond motifs is 1. The number of carbonyl (C=O) groups is 1. The Balaban J connectivity index is 1.09. The number of hydrogen-bond donors (Lipinski definition) is 1. The number of hydrogen-bond acceptors (Lipinski definition) is 5. The topological polar surface area (TPSA) is 58.0 Å². The van der Waals surface area contributed by atoms with Gasteiger partial charge in [0.25, 0.3) is 0 Å². The zero-order chi connectivity index (χ0) is 25.3. The molecule has 0 spiro atoms. The second-order valence-corrected chi connectivity index (χ2v) is 10.4. The Hall–Kier alpha value is -2.54. The van der Waals surface area contributed by atoms with Crippen molar-refractivity contribution >= 4 is 28.5 Å². The summed E-state index contributed by atoms with van der Waals surface area (Å²) in [4.78, 5) is 16.7. The predicted molar refractivity (Wildman–Crippen MR) is 147 cm³/mol. The highest BCUT2D eigenvalue weighted by Crippen LogP contribution is 2.33. The van der Waals surface area contributed by atoms with Crippen LogP contribution in [0.15, 0.2) is 53.1 Å². The third-order valence-electron chi connectivity index (χ3n) is 6.62. The summed E-state index contributed by atoms with van der Waals surface area (Å²) in [5.74, 6) is 0.979. The minimum absolute atomic E-state index is 0.132. The number of benzene rings is 2. The van der Waals surface area contributed by atoms with Crippen molar-refractivity contribution in [2.75, 3.05) is 45.9 Å². The third kappa shape index (κ3) is 7.73. The molecule has 1 amide bonds. The van der Waals surface area contributed by atoms with Crippen LogP contribution in [0.4, 0.5) is 0 Å². The third-order valence-corrected chi connectivity index (χ3v) is 6.87. The number of rotatable bonds is 12. The first-order chi connectivity index (χ1) is 17.5. The van der Waals surface area contributed by atoms with E-state index in [4.69, 9.17) is 20.8 Å². The maximum atomic E-state index is 11.9. The summed E-state index contributed by atoms with van der Waals surface area (Å²) in [6.07, 6.45) is 6.42. The standard InChI is InChI=1S/C29H38ClN3O3/c1-22(2)31-29(34)20-33-16-14-32(15-17-33)13-5-3-4-6-18-35-25-11-12-26-27(21-36-28(26)19-25)23-7-9-24(30)10-8-23/h7-12,19,21-22H,3-6,13-18,20H2,1-2H3,(H,31,34). The van der Waals surface area contributed by atoms with Gasteiger partial charge >= 0.3 is 0 Å². The van der Waals surface area contributed by atoms with Crippen molar-refractivity contribution in [3.05, 3.63) is 53.8 Å². The Kier molecular flexibility index (Phi) is 9.67. The van der Waals surface area contributed by atoms with Crippen molar-refractivity contribution in [3.63, 3.8) is 0 Å². The van der Waals surface area contributed by atoms with Crippen LogP contribution in [0.1, 0.15) is 39.5 Å². The van der Waals surface area contributed by atoms with E-state index in [-0.39, 0.29) is 11.9 Å².